The van der Waals surface area contributed by atoms with E-state index in [2.05, 4.69) is 31.8 Å². The fraction of sp³-hybridized carbons (Fsp3) is 0.222. The van der Waals surface area contributed by atoms with Gasteiger partial charge in [-0.05, 0) is 59.1 Å². The number of hydrazone groups is 1. The minimum absolute atomic E-state index is 0.414. The van der Waals surface area contributed by atoms with Crippen molar-refractivity contribution in [1.29, 1.82) is 0 Å². The number of ether oxygens (including phenoxy) is 2. The molecule has 2 aromatic rings. The SMILES string of the molecule is CCOc1c(Br)cc(/C=N\NC(=O)Nc2ccccc2C)cc1OC. The second-order valence-corrected chi connectivity index (χ2v) is 5.96. The van der Waals surface area contributed by atoms with Crippen LogP contribution in [0.4, 0.5) is 10.5 Å². The van der Waals surface area contributed by atoms with Crippen molar-refractivity contribution in [3.8, 4) is 11.5 Å². The Labute approximate surface area is 155 Å². The highest BCUT2D eigenvalue weighted by Gasteiger charge is 2.10. The standard InChI is InChI=1S/C18H20BrN3O3/c1-4-25-17-14(19)9-13(10-16(17)24-3)11-20-22-18(23)21-15-8-6-5-7-12(15)2/h5-11H,4H2,1-3H3,(H2,21,22,23)/b20-11-. The number of hydrogen-bond acceptors (Lipinski definition) is 4. The summed E-state index contributed by atoms with van der Waals surface area (Å²) in [6.07, 6.45) is 1.53. The molecule has 2 rings (SSSR count). The third-order valence-electron chi connectivity index (χ3n) is 3.31. The minimum Gasteiger partial charge on any atom is -0.493 e. The van der Waals surface area contributed by atoms with Gasteiger partial charge in [0.1, 0.15) is 0 Å². The maximum Gasteiger partial charge on any atom is 0.339 e. The Bertz CT molecular complexity index is 778. The number of amides is 2. The Morgan fingerprint density at radius 2 is 2.08 bits per heavy atom. The van der Waals surface area contributed by atoms with Crippen LogP contribution in [0.1, 0.15) is 18.1 Å². The summed E-state index contributed by atoms with van der Waals surface area (Å²) in [5, 5.41) is 6.69. The van der Waals surface area contributed by atoms with Gasteiger partial charge in [0, 0.05) is 5.69 Å². The van der Waals surface area contributed by atoms with Crippen molar-refractivity contribution >= 4 is 33.9 Å². The number of methoxy groups -OCH3 is 1. The molecule has 0 aliphatic heterocycles. The van der Waals surface area contributed by atoms with Crippen LogP contribution in [0.15, 0.2) is 46.0 Å². The maximum absolute atomic E-state index is 11.9. The smallest absolute Gasteiger partial charge is 0.339 e. The molecule has 0 aliphatic carbocycles. The average molecular weight is 406 g/mol. The second-order valence-electron chi connectivity index (χ2n) is 5.11. The molecule has 7 heteroatoms. The lowest BCUT2D eigenvalue weighted by Crippen LogP contribution is -2.24. The molecule has 0 heterocycles. The number of para-hydroxylation sites is 1. The molecule has 2 amide bonds. The molecule has 0 atom stereocenters. The number of nitrogens with zero attached hydrogens (tertiary/aromatic N) is 1. The molecule has 2 aromatic carbocycles. The average Bonchev–Trinajstić information content (AvgIpc) is 2.59. The number of halogens is 1. The quantitative estimate of drug-likeness (QED) is 0.555. The summed E-state index contributed by atoms with van der Waals surface area (Å²) in [4.78, 5) is 11.9. The number of hydrogen-bond donors (Lipinski definition) is 2. The molecule has 0 spiro atoms. The van der Waals surface area contributed by atoms with Gasteiger partial charge in [-0.15, -0.1) is 0 Å². The molecule has 0 fully saturated rings. The number of rotatable bonds is 6. The number of anilines is 1. The van der Waals surface area contributed by atoms with Crippen molar-refractivity contribution in [2.75, 3.05) is 19.0 Å². The van der Waals surface area contributed by atoms with Crippen LogP contribution >= 0.6 is 15.9 Å². The van der Waals surface area contributed by atoms with Crippen LogP contribution in [0.3, 0.4) is 0 Å². The minimum atomic E-state index is -0.414. The first-order chi connectivity index (χ1) is 12.0. The van der Waals surface area contributed by atoms with E-state index in [4.69, 9.17) is 9.47 Å². The van der Waals surface area contributed by atoms with Crippen LogP contribution in [0, 0.1) is 6.92 Å². The van der Waals surface area contributed by atoms with E-state index in [9.17, 15) is 4.79 Å². The van der Waals surface area contributed by atoms with Crippen molar-refractivity contribution in [1.82, 2.24) is 5.43 Å². The first-order valence-electron chi connectivity index (χ1n) is 7.71. The molecule has 2 N–H and O–H groups in total. The lowest BCUT2D eigenvalue weighted by molar-refractivity contribution is 0.252. The third kappa shape index (κ3) is 5.22. The summed E-state index contributed by atoms with van der Waals surface area (Å²) in [6, 6.07) is 10.7. The van der Waals surface area contributed by atoms with E-state index < -0.39 is 6.03 Å². The maximum atomic E-state index is 11.9. The summed E-state index contributed by atoms with van der Waals surface area (Å²) in [7, 11) is 1.57. The zero-order chi connectivity index (χ0) is 18.2. The topological polar surface area (TPSA) is 72.0 Å². The van der Waals surface area contributed by atoms with Gasteiger partial charge >= 0.3 is 6.03 Å². The molecule has 0 radical (unpaired) electrons. The summed E-state index contributed by atoms with van der Waals surface area (Å²) in [5.74, 6) is 1.22. The van der Waals surface area contributed by atoms with Crippen molar-refractivity contribution < 1.29 is 14.3 Å². The zero-order valence-corrected chi connectivity index (χ0v) is 15.9. The molecule has 25 heavy (non-hydrogen) atoms. The molecule has 0 unspecified atom stereocenters. The van der Waals surface area contributed by atoms with E-state index in [1.165, 1.54) is 6.21 Å². The Morgan fingerprint density at radius 1 is 1.32 bits per heavy atom. The van der Waals surface area contributed by atoms with E-state index in [0.29, 0.717) is 18.1 Å². The lowest BCUT2D eigenvalue weighted by Gasteiger charge is -2.12. The van der Waals surface area contributed by atoms with E-state index in [1.54, 1.807) is 13.2 Å². The van der Waals surface area contributed by atoms with Gasteiger partial charge in [-0.2, -0.15) is 5.10 Å². The Kier molecular flexibility index (Phi) is 6.82. The van der Waals surface area contributed by atoms with E-state index >= 15 is 0 Å². The van der Waals surface area contributed by atoms with Crippen molar-refractivity contribution in [3.63, 3.8) is 0 Å². The van der Waals surface area contributed by atoms with Gasteiger partial charge in [0.15, 0.2) is 11.5 Å². The van der Waals surface area contributed by atoms with Crippen molar-refractivity contribution in [2.45, 2.75) is 13.8 Å². The zero-order valence-electron chi connectivity index (χ0n) is 14.3. The van der Waals surface area contributed by atoms with Crippen molar-refractivity contribution in [2.24, 2.45) is 5.10 Å². The van der Waals surface area contributed by atoms with E-state index in [-0.39, 0.29) is 0 Å². The fourth-order valence-corrected chi connectivity index (χ4v) is 2.70. The van der Waals surface area contributed by atoms with Gasteiger partial charge in [-0.1, -0.05) is 18.2 Å². The predicted octanol–water partition coefficient (Wildman–Crippen LogP) is 4.32. The van der Waals surface area contributed by atoms with Gasteiger partial charge < -0.3 is 14.8 Å². The highest BCUT2D eigenvalue weighted by Crippen LogP contribution is 2.36. The Hall–Kier alpha value is -2.54. The molecule has 0 bridgehead atoms. The van der Waals surface area contributed by atoms with Gasteiger partial charge in [-0.25, -0.2) is 10.2 Å². The first-order valence-corrected chi connectivity index (χ1v) is 8.50. The van der Waals surface area contributed by atoms with Crippen LogP contribution in [0.5, 0.6) is 11.5 Å². The number of carbonyl (C=O) groups is 1. The van der Waals surface area contributed by atoms with Gasteiger partial charge in [0.2, 0.25) is 0 Å². The summed E-state index contributed by atoms with van der Waals surface area (Å²) >= 11 is 3.45. The second kappa shape index (κ2) is 9.08. The molecule has 132 valence electrons. The van der Waals surface area contributed by atoms with Crippen LogP contribution in [0.25, 0.3) is 0 Å². The molecule has 6 nitrogen and oxygen atoms in total. The number of carbonyl (C=O) groups excluding carboxylic acids is 1. The first kappa shape index (κ1) is 18.8. The fourth-order valence-electron chi connectivity index (χ4n) is 2.13. The molecule has 0 aliphatic rings. The lowest BCUT2D eigenvalue weighted by atomic mass is 10.2. The van der Waals surface area contributed by atoms with E-state index in [0.717, 1.165) is 21.3 Å². The highest BCUT2D eigenvalue weighted by molar-refractivity contribution is 9.10. The summed E-state index contributed by atoms with van der Waals surface area (Å²) < 4.78 is 11.6. The van der Waals surface area contributed by atoms with Crippen LogP contribution < -0.4 is 20.2 Å². The molecular formula is C18H20BrN3O3. The molecule has 0 saturated carbocycles. The highest BCUT2D eigenvalue weighted by atomic mass is 79.9. The normalized spacial score (nSPS) is 10.6. The largest absolute Gasteiger partial charge is 0.493 e. The number of benzene rings is 2. The Balaban J connectivity index is 2.03. The number of aryl methyl sites for hydroxylation is 1. The monoisotopic (exact) mass is 405 g/mol. The number of urea groups is 1. The molecular weight excluding hydrogens is 386 g/mol. The number of nitrogens with one attached hydrogen (secondary N) is 2. The molecule has 0 saturated heterocycles. The predicted molar refractivity (Wildman–Crippen MR) is 103 cm³/mol. The van der Waals surface area contributed by atoms with Crippen LogP contribution in [-0.2, 0) is 0 Å². The van der Waals surface area contributed by atoms with E-state index in [1.807, 2.05) is 44.2 Å². The molecule has 0 aromatic heterocycles. The third-order valence-corrected chi connectivity index (χ3v) is 3.90. The van der Waals surface area contributed by atoms with Crippen LogP contribution in [0.2, 0.25) is 0 Å². The van der Waals surface area contributed by atoms with Gasteiger partial charge in [-0.3, -0.25) is 0 Å². The van der Waals surface area contributed by atoms with Gasteiger partial charge in [0.25, 0.3) is 0 Å². The van der Waals surface area contributed by atoms with Gasteiger partial charge in [0.05, 0.1) is 24.4 Å². The summed E-state index contributed by atoms with van der Waals surface area (Å²) in [6.45, 7) is 4.35. The van der Waals surface area contributed by atoms with Crippen LogP contribution in [-0.4, -0.2) is 26.0 Å². The summed E-state index contributed by atoms with van der Waals surface area (Å²) in [5.41, 5.74) is 4.90. The Morgan fingerprint density at radius 3 is 2.76 bits per heavy atom. The van der Waals surface area contributed by atoms with Crippen molar-refractivity contribution in [3.05, 3.63) is 52.0 Å².